The van der Waals surface area contributed by atoms with Gasteiger partial charge in [0.1, 0.15) is 21.9 Å². The molecule has 0 spiro atoms. The minimum absolute atomic E-state index is 0.289. The van der Waals surface area contributed by atoms with E-state index >= 15 is 0 Å². The van der Waals surface area contributed by atoms with Gasteiger partial charge in [0.2, 0.25) is 0 Å². The Hall–Kier alpha value is -2.39. The van der Waals surface area contributed by atoms with Crippen LogP contribution in [-0.2, 0) is 0 Å². The van der Waals surface area contributed by atoms with Gasteiger partial charge in [-0.2, -0.15) is 21.4 Å². The first-order valence-electron chi connectivity index (χ1n) is 8.83. The number of nitrogen functional groups attached to an aromatic ring is 1. The van der Waals surface area contributed by atoms with Crippen molar-refractivity contribution in [2.24, 2.45) is 0 Å². The van der Waals surface area contributed by atoms with Crippen molar-refractivity contribution in [1.82, 2.24) is 19.6 Å². The predicted octanol–water partition coefficient (Wildman–Crippen LogP) is 3.98. The summed E-state index contributed by atoms with van der Waals surface area (Å²) >= 11 is 5.53. The summed E-state index contributed by atoms with van der Waals surface area (Å²) in [5.74, 6) is 3.16. The topological polar surface area (TPSA) is 72.3 Å². The molecular weight excluding hydrogens is 443 g/mol. The second kappa shape index (κ2) is 6.89. The molecule has 0 atom stereocenters. The number of hydrogen-bond donors (Lipinski definition) is 1. The van der Waals surface area contributed by atoms with E-state index in [4.69, 9.17) is 10.7 Å². The fourth-order valence-corrected chi connectivity index (χ4v) is 4.83. The van der Waals surface area contributed by atoms with Crippen LogP contribution in [0, 0.1) is 5.82 Å². The van der Waals surface area contributed by atoms with E-state index in [2.05, 4.69) is 30.9 Å². The molecule has 0 aliphatic carbocycles. The quantitative estimate of drug-likeness (QED) is 0.489. The first kappa shape index (κ1) is 17.7. The van der Waals surface area contributed by atoms with Crippen molar-refractivity contribution in [3.05, 3.63) is 46.9 Å². The summed E-state index contributed by atoms with van der Waals surface area (Å²) in [6.07, 6.45) is 3.48. The molecule has 1 saturated heterocycles. The lowest BCUT2D eigenvalue weighted by Gasteiger charge is -2.28. The third-order valence-electron chi connectivity index (χ3n) is 4.87. The highest BCUT2D eigenvalue weighted by molar-refractivity contribution is 9.10. The van der Waals surface area contributed by atoms with Gasteiger partial charge in [-0.15, -0.1) is 0 Å². The molecule has 1 aliphatic rings. The number of rotatable bonds is 2. The molecule has 1 aliphatic heterocycles. The van der Waals surface area contributed by atoms with Crippen LogP contribution in [0.2, 0.25) is 0 Å². The van der Waals surface area contributed by atoms with Gasteiger partial charge >= 0.3 is 0 Å². The number of pyridine rings is 1. The summed E-state index contributed by atoms with van der Waals surface area (Å²) in [4.78, 5) is 11.6. The highest BCUT2D eigenvalue weighted by atomic mass is 79.9. The van der Waals surface area contributed by atoms with Gasteiger partial charge in [0.15, 0.2) is 5.65 Å². The Morgan fingerprint density at radius 2 is 1.96 bits per heavy atom. The summed E-state index contributed by atoms with van der Waals surface area (Å²) in [6, 6.07) is 6.46. The van der Waals surface area contributed by atoms with Crippen molar-refractivity contribution >= 4 is 55.9 Å². The lowest BCUT2D eigenvalue weighted by atomic mass is 10.1. The number of nitrogens with zero attached hydrogens (tertiary/aromatic N) is 5. The van der Waals surface area contributed by atoms with Gasteiger partial charge in [0.05, 0.1) is 11.7 Å². The van der Waals surface area contributed by atoms with Crippen molar-refractivity contribution in [3.63, 3.8) is 0 Å². The lowest BCUT2D eigenvalue weighted by Crippen LogP contribution is -2.33. The van der Waals surface area contributed by atoms with Gasteiger partial charge in [-0.25, -0.2) is 9.37 Å². The molecular formula is C19H16BrFN6S. The minimum Gasteiger partial charge on any atom is -0.383 e. The molecule has 28 heavy (non-hydrogen) atoms. The number of halogens is 2. The zero-order valence-corrected chi connectivity index (χ0v) is 17.2. The van der Waals surface area contributed by atoms with Crippen LogP contribution in [-0.4, -0.2) is 44.2 Å². The van der Waals surface area contributed by atoms with Gasteiger partial charge in [-0.3, -0.25) is 4.98 Å². The van der Waals surface area contributed by atoms with Crippen molar-refractivity contribution in [2.75, 3.05) is 35.2 Å². The fraction of sp³-hybridized carbons (Fsp3) is 0.211. The van der Waals surface area contributed by atoms with E-state index in [0.717, 1.165) is 56.9 Å². The van der Waals surface area contributed by atoms with Gasteiger partial charge < -0.3 is 10.6 Å². The van der Waals surface area contributed by atoms with E-state index in [9.17, 15) is 4.39 Å². The van der Waals surface area contributed by atoms with E-state index in [-0.39, 0.29) is 5.82 Å². The molecule has 0 bridgehead atoms. The first-order valence-corrected chi connectivity index (χ1v) is 10.8. The molecule has 3 aromatic heterocycles. The van der Waals surface area contributed by atoms with Crippen LogP contribution in [0.3, 0.4) is 0 Å². The van der Waals surface area contributed by atoms with Gasteiger partial charge in [0, 0.05) is 47.3 Å². The first-order chi connectivity index (χ1) is 13.6. The van der Waals surface area contributed by atoms with Crippen LogP contribution < -0.4 is 10.6 Å². The van der Waals surface area contributed by atoms with E-state index in [1.165, 1.54) is 12.1 Å². The molecule has 4 heterocycles. The number of benzene rings is 1. The van der Waals surface area contributed by atoms with E-state index in [0.29, 0.717) is 11.5 Å². The third kappa shape index (κ3) is 2.89. The standard InChI is InChI=1S/C19H16BrFN6S/c20-16-17(22)27-18(25-19(16)26-3-5-28-6-4-26)14(10-24-27)12-7-11-8-13(21)1-2-15(11)23-9-12/h1-2,7-10H,3-6,22H2. The lowest BCUT2D eigenvalue weighted by molar-refractivity contribution is 0.629. The smallest absolute Gasteiger partial charge is 0.167 e. The van der Waals surface area contributed by atoms with Crippen LogP contribution in [0.25, 0.3) is 27.7 Å². The molecule has 1 aromatic carbocycles. The predicted molar refractivity (Wildman–Crippen MR) is 115 cm³/mol. The molecule has 1 fully saturated rings. The molecule has 4 aromatic rings. The molecule has 5 rings (SSSR count). The zero-order chi connectivity index (χ0) is 19.3. The zero-order valence-electron chi connectivity index (χ0n) is 14.8. The van der Waals surface area contributed by atoms with Crippen LogP contribution in [0.5, 0.6) is 0 Å². The maximum Gasteiger partial charge on any atom is 0.167 e. The summed E-state index contributed by atoms with van der Waals surface area (Å²) in [6.45, 7) is 1.85. The molecule has 9 heteroatoms. The SMILES string of the molecule is Nc1c(Br)c(N2CCSCC2)nc2c(-c3cnc4ccc(F)cc4c3)cnn12. The monoisotopic (exact) mass is 458 g/mol. The average Bonchev–Trinajstić information content (AvgIpc) is 3.15. The summed E-state index contributed by atoms with van der Waals surface area (Å²) < 4.78 is 16.0. The van der Waals surface area contributed by atoms with Crippen LogP contribution >= 0.6 is 27.7 Å². The van der Waals surface area contributed by atoms with Crippen molar-refractivity contribution < 1.29 is 4.39 Å². The van der Waals surface area contributed by atoms with E-state index < -0.39 is 0 Å². The largest absolute Gasteiger partial charge is 0.383 e. The Labute approximate surface area is 173 Å². The van der Waals surface area contributed by atoms with Crippen molar-refractivity contribution in [3.8, 4) is 11.1 Å². The number of hydrogen-bond acceptors (Lipinski definition) is 6. The fourth-order valence-electron chi connectivity index (χ4n) is 3.42. The maximum atomic E-state index is 13.6. The van der Waals surface area contributed by atoms with Crippen molar-refractivity contribution in [1.29, 1.82) is 0 Å². The number of anilines is 2. The van der Waals surface area contributed by atoms with Gasteiger partial charge in [-0.05, 0) is 40.2 Å². The normalized spacial score (nSPS) is 14.9. The second-order valence-electron chi connectivity index (χ2n) is 6.59. The molecule has 0 saturated carbocycles. The highest BCUT2D eigenvalue weighted by Crippen LogP contribution is 2.35. The molecule has 6 nitrogen and oxygen atoms in total. The number of fused-ring (bicyclic) bond motifs is 2. The summed E-state index contributed by atoms with van der Waals surface area (Å²) in [5.41, 5.74) is 9.37. The van der Waals surface area contributed by atoms with Gasteiger partial charge in [-0.1, -0.05) is 0 Å². The van der Waals surface area contributed by atoms with E-state index in [1.54, 1.807) is 23.0 Å². The highest BCUT2D eigenvalue weighted by Gasteiger charge is 2.21. The van der Waals surface area contributed by atoms with Crippen LogP contribution in [0.15, 0.2) is 41.1 Å². The third-order valence-corrected chi connectivity index (χ3v) is 6.57. The maximum absolute atomic E-state index is 13.6. The van der Waals surface area contributed by atoms with E-state index in [1.807, 2.05) is 17.8 Å². The Morgan fingerprint density at radius 1 is 1.14 bits per heavy atom. The number of thioether (sulfide) groups is 1. The Kier molecular flexibility index (Phi) is 4.36. The number of aromatic nitrogens is 4. The molecule has 2 N–H and O–H groups in total. The molecule has 0 unspecified atom stereocenters. The summed E-state index contributed by atoms with van der Waals surface area (Å²) in [5, 5.41) is 5.15. The van der Waals surface area contributed by atoms with Crippen LogP contribution in [0.1, 0.15) is 0 Å². The number of nitrogens with two attached hydrogens (primary N) is 1. The second-order valence-corrected chi connectivity index (χ2v) is 8.61. The van der Waals surface area contributed by atoms with Crippen LogP contribution in [0.4, 0.5) is 16.0 Å². The molecule has 0 radical (unpaired) electrons. The molecule has 0 amide bonds. The average molecular weight is 459 g/mol. The Morgan fingerprint density at radius 3 is 2.79 bits per heavy atom. The Balaban J connectivity index is 1.69. The van der Waals surface area contributed by atoms with Crippen molar-refractivity contribution in [2.45, 2.75) is 0 Å². The van der Waals surface area contributed by atoms with Gasteiger partial charge in [0.25, 0.3) is 0 Å². The Bertz CT molecular complexity index is 1200. The summed E-state index contributed by atoms with van der Waals surface area (Å²) in [7, 11) is 0. The molecule has 142 valence electrons. The minimum atomic E-state index is -0.289.